The van der Waals surface area contributed by atoms with Crippen molar-refractivity contribution in [2.75, 3.05) is 20.3 Å². The molecule has 0 amide bonds. The summed E-state index contributed by atoms with van der Waals surface area (Å²) in [5.74, 6) is -1.17. The minimum absolute atomic E-state index is 0.218. The van der Waals surface area contributed by atoms with Crippen LogP contribution in [-0.2, 0) is 4.74 Å². The van der Waals surface area contributed by atoms with Gasteiger partial charge < -0.3 is 15.2 Å². The molecule has 2 atom stereocenters. The molecular formula is C13H19F2NO2. The topological polar surface area (TPSA) is 41.5 Å². The molecule has 1 aromatic rings. The van der Waals surface area contributed by atoms with E-state index < -0.39 is 17.7 Å². The Labute approximate surface area is 106 Å². The van der Waals surface area contributed by atoms with Gasteiger partial charge in [-0.05, 0) is 12.5 Å². The van der Waals surface area contributed by atoms with Gasteiger partial charge in [0.2, 0.25) is 0 Å². The molecular weight excluding hydrogens is 240 g/mol. The fourth-order valence-electron chi connectivity index (χ4n) is 1.79. The number of ether oxygens (including phenoxy) is 1. The average Bonchev–Trinajstić information content (AvgIpc) is 2.32. The van der Waals surface area contributed by atoms with Crippen molar-refractivity contribution in [3.05, 3.63) is 35.4 Å². The van der Waals surface area contributed by atoms with Crippen LogP contribution in [0.15, 0.2) is 18.2 Å². The maximum atomic E-state index is 13.6. The summed E-state index contributed by atoms with van der Waals surface area (Å²) in [5.41, 5.74) is 0.406. The van der Waals surface area contributed by atoms with E-state index in [1.807, 2.05) is 6.92 Å². The predicted octanol–water partition coefficient (Wildman–Crippen LogP) is 2.01. The van der Waals surface area contributed by atoms with Gasteiger partial charge in [-0.25, -0.2) is 8.78 Å². The van der Waals surface area contributed by atoms with Crippen molar-refractivity contribution in [1.29, 1.82) is 0 Å². The molecule has 0 aliphatic rings. The number of methoxy groups -OCH3 is 1. The van der Waals surface area contributed by atoms with Gasteiger partial charge in [0.05, 0.1) is 12.7 Å². The monoisotopic (exact) mass is 259 g/mol. The average molecular weight is 259 g/mol. The summed E-state index contributed by atoms with van der Waals surface area (Å²) >= 11 is 0. The zero-order valence-electron chi connectivity index (χ0n) is 10.6. The summed E-state index contributed by atoms with van der Waals surface area (Å²) in [6.45, 7) is 2.40. The number of rotatable bonds is 7. The Hall–Kier alpha value is -1.04. The fourth-order valence-corrected chi connectivity index (χ4v) is 1.79. The highest BCUT2D eigenvalue weighted by Gasteiger charge is 2.15. The molecule has 0 aromatic heterocycles. The normalized spacial score (nSPS) is 14.5. The lowest BCUT2D eigenvalue weighted by atomic mass is 10.0. The number of hydrogen-bond donors (Lipinski definition) is 2. The summed E-state index contributed by atoms with van der Waals surface area (Å²) in [6, 6.07) is 3.27. The minimum atomic E-state index is -0.646. The molecule has 18 heavy (non-hydrogen) atoms. The first-order valence-electron chi connectivity index (χ1n) is 5.93. The molecule has 0 aliphatic carbocycles. The lowest BCUT2D eigenvalue weighted by Crippen LogP contribution is -2.33. The molecule has 3 nitrogen and oxygen atoms in total. The summed E-state index contributed by atoms with van der Waals surface area (Å²) < 4.78 is 31.2. The zero-order chi connectivity index (χ0) is 13.5. The van der Waals surface area contributed by atoms with E-state index in [4.69, 9.17) is 4.74 Å². The SMILES string of the molecule is CCC(NCC(O)COC)c1ccc(F)cc1F. The summed E-state index contributed by atoms with van der Waals surface area (Å²) in [7, 11) is 1.50. The predicted molar refractivity (Wildman–Crippen MR) is 65.3 cm³/mol. The van der Waals surface area contributed by atoms with E-state index >= 15 is 0 Å². The third kappa shape index (κ3) is 4.33. The van der Waals surface area contributed by atoms with Crippen LogP contribution >= 0.6 is 0 Å². The Balaban J connectivity index is 2.65. The van der Waals surface area contributed by atoms with Crippen LogP contribution in [0.4, 0.5) is 8.78 Å². The van der Waals surface area contributed by atoms with Crippen molar-refractivity contribution in [3.63, 3.8) is 0 Å². The quantitative estimate of drug-likeness (QED) is 0.787. The van der Waals surface area contributed by atoms with Crippen molar-refractivity contribution < 1.29 is 18.6 Å². The molecule has 102 valence electrons. The van der Waals surface area contributed by atoms with Crippen molar-refractivity contribution >= 4 is 0 Å². The van der Waals surface area contributed by atoms with Gasteiger partial charge in [-0.3, -0.25) is 0 Å². The summed E-state index contributed by atoms with van der Waals surface area (Å²) in [6.07, 6.45) is -0.00465. The highest BCUT2D eigenvalue weighted by Crippen LogP contribution is 2.20. The van der Waals surface area contributed by atoms with Gasteiger partial charge in [-0.1, -0.05) is 13.0 Å². The van der Waals surface area contributed by atoms with Crippen molar-refractivity contribution in [2.45, 2.75) is 25.5 Å². The molecule has 0 saturated carbocycles. The van der Waals surface area contributed by atoms with Crippen molar-refractivity contribution in [3.8, 4) is 0 Å². The fraction of sp³-hybridized carbons (Fsp3) is 0.538. The van der Waals surface area contributed by atoms with Crippen molar-refractivity contribution in [2.24, 2.45) is 0 Å². The third-order valence-electron chi connectivity index (χ3n) is 2.71. The van der Waals surface area contributed by atoms with E-state index in [0.717, 1.165) is 6.07 Å². The van der Waals surface area contributed by atoms with Crippen LogP contribution in [0, 0.1) is 11.6 Å². The molecule has 0 aliphatic heterocycles. The van der Waals surface area contributed by atoms with Crippen LogP contribution < -0.4 is 5.32 Å². The van der Waals surface area contributed by atoms with Gasteiger partial charge in [0.1, 0.15) is 11.6 Å². The largest absolute Gasteiger partial charge is 0.389 e. The van der Waals surface area contributed by atoms with Crippen LogP contribution in [0.25, 0.3) is 0 Å². The molecule has 0 fully saturated rings. The Bertz CT molecular complexity index is 374. The lowest BCUT2D eigenvalue weighted by molar-refractivity contribution is 0.0625. The van der Waals surface area contributed by atoms with Gasteiger partial charge in [0.15, 0.2) is 0 Å². The zero-order valence-corrected chi connectivity index (χ0v) is 10.6. The number of aliphatic hydroxyl groups is 1. The first kappa shape index (κ1) is 15.0. The molecule has 5 heteroatoms. The molecule has 0 spiro atoms. The van der Waals surface area contributed by atoms with E-state index in [2.05, 4.69) is 5.32 Å². The minimum Gasteiger partial charge on any atom is -0.389 e. The smallest absolute Gasteiger partial charge is 0.130 e. The first-order valence-corrected chi connectivity index (χ1v) is 5.93. The van der Waals surface area contributed by atoms with E-state index in [9.17, 15) is 13.9 Å². The molecule has 0 saturated heterocycles. The van der Waals surface area contributed by atoms with E-state index in [-0.39, 0.29) is 12.6 Å². The van der Waals surface area contributed by atoms with Crippen LogP contribution in [0.3, 0.4) is 0 Å². The van der Waals surface area contributed by atoms with E-state index in [1.165, 1.54) is 19.2 Å². The first-order chi connectivity index (χ1) is 8.58. The molecule has 2 unspecified atom stereocenters. The number of halogens is 2. The second-order valence-corrected chi connectivity index (χ2v) is 4.14. The standard InChI is InChI=1S/C13H19F2NO2/c1-3-13(16-7-10(17)8-18-2)11-5-4-9(14)6-12(11)15/h4-6,10,13,16-17H,3,7-8H2,1-2H3. The molecule has 2 N–H and O–H groups in total. The van der Waals surface area contributed by atoms with Gasteiger partial charge in [-0.2, -0.15) is 0 Å². The maximum absolute atomic E-state index is 13.6. The highest BCUT2D eigenvalue weighted by molar-refractivity contribution is 5.22. The van der Waals surface area contributed by atoms with Crippen LogP contribution in [0.2, 0.25) is 0 Å². The van der Waals surface area contributed by atoms with Crippen LogP contribution in [0.5, 0.6) is 0 Å². The Morgan fingerprint density at radius 2 is 2.11 bits per heavy atom. The molecule has 1 rings (SSSR count). The summed E-state index contributed by atoms with van der Waals surface area (Å²) in [4.78, 5) is 0. The maximum Gasteiger partial charge on any atom is 0.130 e. The third-order valence-corrected chi connectivity index (χ3v) is 2.71. The Kier molecular flexibility index (Phi) is 6.18. The van der Waals surface area contributed by atoms with E-state index in [0.29, 0.717) is 18.5 Å². The number of benzene rings is 1. The van der Waals surface area contributed by atoms with Crippen LogP contribution in [0.1, 0.15) is 24.9 Å². The summed E-state index contributed by atoms with van der Waals surface area (Å²) in [5, 5.41) is 12.6. The lowest BCUT2D eigenvalue weighted by Gasteiger charge is -2.20. The second kappa shape index (κ2) is 7.41. The van der Waals surface area contributed by atoms with Gasteiger partial charge in [0, 0.05) is 31.3 Å². The molecule has 1 aromatic carbocycles. The Morgan fingerprint density at radius 3 is 2.67 bits per heavy atom. The van der Waals surface area contributed by atoms with Gasteiger partial charge in [-0.15, -0.1) is 0 Å². The molecule has 0 heterocycles. The number of aliphatic hydroxyl groups excluding tert-OH is 1. The van der Waals surface area contributed by atoms with Crippen molar-refractivity contribution in [1.82, 2.24) is 5.32 Å². The molecule has 0 radical (unpaired) electrons. The van der Waals surface area contributed by atoms with Gasteiger partial charge in [0.25, 0.3) is 0 Å². The number of hydrogen-bond acceptors (Lipinski definition) is 3. The number of nitrogens with one attached hydrogen (secondary N) is 1. The van der Waals surface area contributed by atoms with Gasteiger partial charge >= 0.3 is 0 Å². The van der Waals surface area contributed by atoms with E-state index in [1.54, 1.807) is 0 Å². The highest BCUT2D eigenvalue weighted by atomic mass is 19.1. The van der Waals surface area contributed by atoms with Crippen LogP contribution in [-0.4, -0.2) is 31.5 Å². The Morgan fingerprint density at radius 1 is 1.39 bits per heavy atom. The molecule has 0 bridgehead atoms. The second-order valence-electron chi connectivity index (χ2n) is 4.14.